The number of fused-ring (bicyclic) bond motifs is 15. The lowest BCUT2D eigenvalue weighted by Crippen LogP contribution is -2.16. The van der Waals surface area contributed by atoms with Crippen LogP contribution in [0.15, 0.2) is 253 Å². The second-order valence-corrected chi connectivity index (χ2v) is 23.7. The van der Waals surface area contributed by atoms with Crippen molar-refractivity contribution in [1.29, 1.82) is 31.6 Å². The van der Waals surface area contributed by atoms with Crippen molar-refractivity contribution in [2.45, 2.75) is 0 Å². The number of rotatable bonds is 7. The Morgan fingerprint density at radius 3 is 0.947 bits per heavy atom. The molecule has 0 N–H and O–H groups in total. The smallest absolute Gasteiger partial charge is 0.165 e. The third-order valence-corrected chi connectivity index (χ3v) is 18.7. The van der Waals surface area contributed by atoms with Crippen molar-refractivity contribution in [3.05, 3.63) is 282 Å². The van der Waals surface area contributed by atoms with Crippen LogP contribution in [0, 0.1) is 68.0 Å². The van der Waals surface area contributed by atoms with Crippen molar-refractivity contribution in [1.82, 2.24) is 23.3 Å². The summed E-state index contributed by atoms with van der Waals surface area (Å²) in [6.07, 6.45) is 0. The highest BCUT2D eigenvalue weighted by Gasteiger charge is 2.34. The molecule has 12 nitrogen and oxygen atoms in total. The number of hydrogen-bond acceptors (Lipinski definition) is 8. The van der Waals surface area contributed by atoms with Crippen LogP contribution in [0.3, 0.4) is 0 Å². The molecule has 0 saturated carbocycles. The summed E-state index contributed by atoms with van der Waals surface area (Å²) in [6, 6.07) is 96.1. The Morgan fingerprint density at radius 2 is 0.579 bits per heavy atom. The number of nitriles is 6. The zero-order valence-electron chi connectivity index (χ0n) is 50.0. The maximum atomic E-state index is 10.7. The molecule has 0 spiro atoms. The van der Waals surface area contributed by atoms with Crippen molar-refractivity contribution in [3.63, 3.8) is 0 Å². The van der Waals surface area contributed by atoms with Gasteiger partial charge in [0.05, 0.1) is 114 Å². The Morgan fingerprint density at radius 1 is 0.263 bits per heavy atom. The molecule has 0 amide bonds. The first-order valence-corrected chi connectivity index (χ1v) is 30.7. The van der Waals surface area contributed by atoms with Gasteiger partial charge in [-0.2, -0.15) is 31.6 Å². The fourth-order valence-electron chi connectivity index (χ4n) is 14.6. The lowest BCUT2D eigenvalue weighted by atomic mass is 9.95. The van der Waals surface area contributed by atoms with Crippen molar-refractivity contribution >= 4 is 109 Å². The predicted octanol–water partition coefficient (Wildman–Crippen LogP) is 19.6. The molecule has 0 unspecified atom stereocenters. The highest BCUT2D eigenvalue weighted by Crippen LogP contribution is 2.52. The van der Waals surface area contributed by atoms with E-state index in [4.69, 9.17) is 9.40 Å². The summed E-state index contributed by atoms with van der Waals surface area (Å²) in [5.41, 5.74) is 16.4. The van der Waals surface area contributed by atoms with Gasteiger partial charge in [-0.15, -0.1) is 0 Å². The second-order valence-electron chi connectivity index (χ2n) is 23.7. The van der Waals surface area contributed by atoms with Crippen molar-refractivity contribution in [2.75, 3.05) is 0 Å². The normalized spacial score (nSPS) is 11.5. The minimum atomic E-state index is 0.420. The van der Waals surface area contributed by atoms with Crippen molar-refractivity contribution in [3.8, 4) is 92.8 Å². The maximum absolute atomic E-state index is 10.7. The van der Waals surface area contributed by atoms with E-state index >= 15 is 0 Å². The fraction of sp³-hybridized carbons (Fsp3) is 0. The molecule has 0 fully saturated rings. The van der Waals surface area contributed by atoms with E-state index in [1.54, 1.807) is 24.3 Å². The minimum absolute atomic E-state index is 0.420. The maximum Gasteiger partial charge on any atom is 0.165 e. The van der Waals surface area contributed by atoms with Gasteiger partial charge in [0.15, 0.2) is 11.6 Å². The van der Waals surface area contributed by atoms with E-state index in [9.17, 15) is 31.6 Å². The molecule has 0 aliphatic heterocycles. The second kappa shape index (κ2) is 20.6. The molecular formula is C83H41N11O. The monoisotopic (exact) mass is 1210 g/mol. The van der Waals surface area contributed by atoms with Crippen molar-refractivity contribution in [2.24, 2.45) is 0 Å². The SMILES string of the molecule is N#Cc1ccc2c(c1)c1cc(C#N)ccc1n2-c1nc(-n2c3ccc(-c4ccccc4)cc3c3cc(-c4ccccc4)ccc32)c(-n2c3ccc(C#N)cc3c3cc(C#N)ccc32)c(-c2cccc3oc4ccccc4c23)c1-n1c2ccc(C#N)cc2c2cc(C#N)ccc21. The van der Waals surface area contributed by atoms with Gasteiger partial charge in [0.25, 0.3) is 0 Å². The molecule has 0 bridgehead atoms. The lowest BCUT2D eigenvalue weighted by molar-refractivity contribution is 0.669. The Kier molecular flexibility index (Phi) is 11.7. The van der Waals surface area contributed by atoms with Crippen LogP contribution in [0.1, 0.15) is 33.4 Å². The van der Waals surface area contributed by atoms with Crippen LogP contribution in [-0.4, -0.2) is 23.3 Å². The van der Waals surface area contributed by atoms with E-state index in [2.05, 4.69) is 127 Å². The molecule has 12 aromatic carbocycles. The molecule has 434 valence electrons. The highest BCUT2D eigenvalue weighted by molar-refractivity contribution is 6.20. The lowest BCUT2D eigenvalue weighted by Gasteiger charge is -2.27. The predicted molar refractivity (Wildman–Crippen MR) is 373 cm³/mol. The summed E-state index contributed by atoms with van der Waals surface area (Å²) >= 11 is 0. The standard InChI is InChI=1S/C83H41N11O/c84-42-48-18-26-68-60(34-48)61-35-49(43-85)19-27-69(61)91(68)80-79(59-15-9-17-77-78(59)58-14-7-8-16-76(58)95-77)81(92-70-28-20-50(44-86)36-62(70)63-37-51(45-87)21-29-71(63)92)83(90-82(80)93-72-30-22-52(46-88)38-64(72)65-39-53(47-89)23-31-73(65)93)94-74-32-24-56(54-10-3-1-4-11-54)40-66(74)67-41-57(25-33-75(67)94)55-12-5-2-6-13-55/h1-41H. The van der Waals surface area contributed by atoms with E-state index < -0.39 is 0 Å². The van der Waals surface area contributed by atoms with Crippen LogP contribution in [0.25, 0.3) is 166 Å². The minimum Gasteiger partial charge on any atom is -0.456 e. The van der Waals surface area contributed by atoms with Crippen LogP contribution in [0.4, 0.5) is 0 Å². The zero-order chi connectivity index (χ0) is 63.7. The van der Waals surface area contributed by atoms with Crippen LogP contribution >= 0.6 is 0 Å². The number of para-hydroxylation sites is 1. The van der Waals surface area contributed by atoms with Gasteiger partial charge in [-0.25, -0.2) is 4.98 Å². The average Bonchev–Trinajstić information content (AvgIpc) is 1.58. The molecule has 0 saturated heterocycles. The van der Waals surface area contributed by atoms with Gasteiger partial charge in [0.2, 0.25) is 0 Å². The first-order valence-electron chi connectivity index (χ1n) is 30.7. The third kappa shape index (κ3) is 7.91. The highest BCUT2D eigenvalue weighted by atomic mass is 16.3. The van der Waals surface area contributed by atoms with E-state index in [1.807, 2.05) is 152 Å². The molecule has 0 aliphatic rings. The van der Waals surface area contributed by atoms with Crippen LogP contribution in [-0.2, 0) is 0 Å². The van der Waals surface area contributed by atoms with Gasteiger partial charge in [-0.3, -0.25) is 9.13 Å². The van der Waals surface area contributed by atoms with Crippen LogP contribution in [0.5, 0.6) is 0 Å². The average molecular weight is 1210 g/mol. The largest absolute Gasteiger partial charge is 0.456 e. The number of nitrogens with zero attached hydrogens (tertiary/aromatic N) is 11. The molecule has 0 atom stereocenters. The molecule has 18 aromatic rings. The van der Waals surface area contributed by atoms with Gasteiger partial charge in [0, 0.05) is 59.4 Å². The first-order chi connectivity index (χ1) is 46.8. The number of furan rings is 1. The number of pyridine rings is 1. The van der Waals surface area contributed by atoms with Gasteiger partial charge < -0.3 is 13.6 Å². The molecule has 18 rings (SSSR count). The van der Waals surface area contributed by atoms with Crippen molar-refractivity contribution < 1.29 is 4.42 Å². The topological polar surface area (TPSA) is 188 Å². The molecule has 12 heteroatoms. The summed E-state index contributed by atoms with van der Waals surface area (Å²) in [7, 11) is 0. The van der Waals surface area contributed by atoms with Crippen LogP contribution in [0.2, 0.25) is 0 Å². The number of hydrogen-bond donors (Lipinski definition) is 0. The van der Waals surface area contributed by atoms with Crippen LogP contribution < -0.4 is 0 Å². The summed E-state index contributed by atoms with van der Waals surface area (Å²) in [4.78, 5) is 6.42. The van der Waals surface area contributed by atoms with Gasteiger partial charge in [-0.05, 0) is 173 Å². The fourth-order valence-corrected chi connectivity index (χ4v) is 14.6. The zero-order valence-corrected chi connectivity index (χ0v) is 50.0. The summed E-state index contributed by atoms with van der Waals surface area (Å²) in [6.45, 7) is 0. The van der Waals surface area contributed by atoms with E-state index in [0.29, 0.717) is 128 Å². The van der Waals surface area contributed by atoms with E-state index in [-0.39, 0.29) is 0 Å². The summed E-state index contributed by atoms with van der Waals surface area (Å²) in [5, 5.41) is 71.9. The van der Waals surface area contributed by atoms with E-state index in [1.165, 1.54) is 0 Å². The van der Waals surface area contributed by atoms with Gasteiger partial charge >= 0.3 is 0 Å². The summed E-state index contributed by atoms with van der Waals surface area (Å²) < 4.78 is 15.7. The van der Waals surface area contributed by atoms with E-state index in [0.717, 1.165) is 71.2 Å². The Hall–Kier alpha value is -14.3. The Balaban J connectivity index is 1.17. The molecule has 0 aliphatic carbocycles. The molecule has 0 radical (unpaired) electrons. The summed E-state index contributed by atoms with van der Waals surface area (Å²) in [5.74, 6) is 0.911. The number of benzene rings is 12. The number of aromatic nitrogens is 5. The van der Waals surface area contributed by atoms with Gasteiger partial charge in [0.1, 0.15) is 22.5 Å². The quantitative estimate of drug-likeness (QED) is 0.151. The first kappa shape index (κ1) is 53.7. The molecule has 6 aromatic heterocycles. The molecular weight excluding hydrogens is 1170 g/mol. The molecule has 95 heavy (non-hydrogen) atoms. The molecule has 6 heterocycles. The van der Waals surface area contributed by atoms with Gasteiger partial charge in [-0.1, -0.05) is 103 Å². The third-order valence-electron chi connectivity index (χ3n) is 18.7. The Bertz CT molecular complexity index is 6420. The Labute approximate surface area is 540 Å².